The van der Waals surface area contributed by atoms with Crippen LogP contribution in [0.25, 0.3) is 10.8 Å². The minimum absolute atomic E-state index is 0. The van der Waals surface area contributed by atoms with Crippen LogP contribution in [0.1, 0.15) is 26.2 Å². The monoisotopic (exact) mass is 387 g/mol. The fourth-order valence-corrected chi connectivity index (χ4v) is 3.98. The first kappa shape index (κ1) is 19.6. The second kappa shape index (κ2) is 7.49. The van der Waals surface area contributed by atoms with Gasteiger partial charge in [0.1, 0.15) is 0 Å². The van der Waals surface area contributed by atoms with Crippen LogP contribution in [-0.2, 0) is 9.59 Å². The quantitative estimate of drug-likeness (QED) is 0.828. The smallest absolute Gasteiger partial charge is 0.227 e. The number of hydrogen-bond donors (Lipinski definition) is 2. The molecular formula is C21H26ClN3O2. The Kier molecular flexibility index (Phi) is 5.45. The van der Waals surface area contributed by atoms with Gasteiger partial charge in [-0.15, -0.1) is 12.4 Å². The van der Waals surface area contributed by atoms with Gasteiger partial charge in [-0.05, 0) is 37.1 Å². The lowest BCUT2D eigenvalue weighted by atomic mass is 9.94. The molecule has 2 atom stereocenters. The molecule has 1 aliphatic carbocycles. The number of carbonyl (C=O) groups is 2. The number of carbonyl (C=O) groups excluding carboxylic acids is 2. The minimum Gasteiger partial charge on any atom is -0.349 e. The van der Waals surface area contributed by atoms with Crippen molar-refractivity contribution in [2.24, 2.45) is 17.6 Å². The molecule has 3 N–H and O–H groups in total. The van der Waals surface area contributed by atoms with Crippen LogP contribution in [0.15, 0.2) is 42.5 Å². The van der Waals surface area contributed by atoms with Gasteiger partial charge in [-0.25, -0.2) is 0 Å². The number of halogens is 1. The van der Waals surface area contributed by atoms with Crippen LogP contribution in [0.2, 0.25) is 0 Å². The van der Waals surface area contributed by atoms with E-state index in [0.29, 0.717) is 19.0 Å². The van der Waals surface area contributed by atoms with Crippen molar-refractivity contribution in [2.75, 3.05) is 18.0 Å². The van der Waals surface area contributed by atoms with Gasteiger partial charge >= 0.3 is 0 Å². The molecule has 0 aromatic heterocycles. The number of anilines is 1. The second-order valence-corrected chi connectivity index (χ2v) is 7.79. The van der Waals surface area contributed by atoms with Gasteiger partial charge in [0, 0.05) is 24.9 Å². The third-order valence-corrected chi connectivity index (χ3v) is 5.86. The molecule has 2 amide bonds. The summed E-state index contributed by atoms with van der Waals surface area (Å²) in [5.41, 5.74) is 6.44. The van der Waals surface area contributed by atoms with E-state index >= 15 is 0 Å². The first-order valence-corrected chi connectivity index (χ1v) is 9.32. The molecule has 1 saturated carbocycles. The number of nitrogens with zero attached hydrogens (tertiary/aromatic N) is 1. The molecule has 2 aromatic carbocycles. The molecular weight excluding hydrogens is 362 g/mol. The molecule has 1 aliphatic heterocycles. The van der Waals surface area contributed by atoms with Gasteiger partial charge in [-0.3, -0.25) is 9.59 Å². The Hall–Kier alpha value is -2.11. The standard InChI is InChI=1S/C21H25N3O2.ClH/c1-21(13-22,16-9-10-16)23-20(26)15-11-19(25)24(12-15)18-8-4-6-14-5-2-3-7-17(14)18;/h2-8,15-16H,9-13,22H2,1H3,(H,23,26);1H. The lowest BCUT2D eigenvalue weighted by Gasteiger charge is -2.30. The highest BCUT2D eigenvalue weighted by molar-refractivity contribution is 6.07. The number of benzene rings is 2. The lowest BCUT2D eigenvalue weighted by Crippen LogP contribution is -2.54. The summed E-state index contributed by atoms with van der Waals surface area (Å²) in [5, 5.41) is 5.26. The van der Waals surface area contributed by atoms with Gasteiger partial charge < -0.3 is 16.0 Å². The van der Waals surface area contributed by atoms with Crippen molar-refractivity contribution in [2.45, 2.75) is 31.7 Å². The Bertz CT molecular complexity index is 862. The third kappa shape index (κ3) is 3.66. The SMILES string of the molecule is CC(CN)(NC(=O)C1CC(=O)N(c2cccc3ccccc23)C1)C1CC1.Cl. The van der Waals surface area contributed by atoms with Crippen LogP contribution in [0.4, 0.5) is 5.69 Å². The van der Waals surface area contributed by atoms with Crippen molar-refractivity contribution in [1.29, 1.82) is 0 Å². The molecule has 27 heavy (non-hydrogen) atoms. The molecule has 144 valence electrons. The molecule has 6 heteroatoms. The molecule has 0 spiro atoms. The molecule has 0 bridgehead atoms. The van der Waals surface area contributed by atoms with E-state index in [1.54, 1.807) is 4.90 Å². The van der Waals surface area contributed by atoms with Crippen LogP contribution in [0.3, 0.4) is 0 Å². The zero-order valence-corrected chi connectivity index (χ0v) is 16.3. The molecule has 4 rings (SSSR count). The van der Waals surface area contributed by atoms with E-state index in [-0.39, 0.29) is 42.1 Å². The molecule has 2 aromatic rings. The van der Waals surface area contributed by atoms with Gasteiger partial charge in [-0.1, -0.05) is 36.4 Å². The Balaban J connectivity index is 0.00000210. The highest BCUT2D eigenvalue weighted by atomic mass is 35.5. The molecule has 1 heterocycles. The fraction of sp³-hybridized carbons (Fsp3) is 0.429. The van der Waals surface area contributed by atoms with Crippen LogP contribution >= 0.6 is 12.4 Å². The average molecular weight is 388 g/mol. The summed E-state index contributed by atoms with van der Waals surface area (Å²) in [6.45, 7) is 2.86. The predicted molar refractivity (Wildman–Crippen MR) is 110 cm³/mol. The Morgan fingerprint density at radius 2 is 1.93 bits per heavy atom. The normalized spacial score (nSPS) is 21.6. The van der Waals surface area contributed by atoms with E-state index in [1.807, 2.05) is 49.4 Å². The van der Waals surface area contributed by atoms with Crippen LogP contribution in [0.5, 0.6) is 0 Å². The maximum Gasteiger partial charge on any atom is 0.227 e. The maximum absolute atomic E-state index is 12.8. The second-order valence-electron chi connectivity index (χ2n) is 7.79. The first-order chi connectivity index (χ1) is 12.5. The third-order valence-electron chi connectivity index (χ3n) is 5.86. The number of nitrogens with one attached hydrogen (secondary N) is 1. The van der Waals surface area contributed by atoms with Crippen LogP contribution in [0, 0.1) is 11.8 Å². The number of amides is 2. The lowest BCUT2D eigenvalue weighted by molar-refractivity contribution is -0.128. The molecule has 1 saturated heterocycles. The zero-order valence-electron chi connectivity index (χ0n) is 15.5. The number of nitrogens with two attached hydrogens (primary N) is 1. The number of fused-ring (bicyclic) bond motifs is 1. The topological polar surface area (TPSA) is 75.4 Å². The zero-order chi connectivity index (χ0) is 18.3. The highest BCUT2D eigenvalue weighted by Gasteiger charge is 2.44. The molecule has 2 fully saturated rings. The van der Waals surface area contributed by atoms with Crippen molar-refractivity contribution >= 4 is 40.7 Å². The summed E-state index contributed by atoms with van der Waals surface area (Å²) >= 11 is 0. The van der Waals surface area contributed by atoms with Gasteiger partial charge in [0.25, 0.3) is 0 Å². The van der Waals surface area contributed by atoms with Gasteiger partial charge in [0.05, 0.1) is 17.1 Å². The average Bonchev–Trinajstić information content (AvgIpc) is 3.44. The Labute approximate surface area is 165 Å². The minimum atomic E-state index is -0.354. The number of rotatable bonds is 5. The Morgan fingerprint density at radius 3 is 2.63 bits per heavy atom. The van der Waals surface area contributed by atoms with Gasteiger partial charge in [0.15, 0.2) is 0 Å². The van der Waals surface area contributed by atoms with Crippen LogP contribution in [-0.4, -0.2) is 30.4 Å². The van der Waals surface area contributed by atoms with Crippen LogP contribution < -0.4 is 16.0 Å². The predicted octanol–water partition coefficient (Wildman–Crippen LogP) is 2.86. The largest absolute Gasteiger partial charge is 0.349 e. The summed E-state index contributed by atoms with van der Waals surface area (Å²) in [7, 11) is 0. The van der Waals surface area contributed by atoms with Crippen molar-refractivity contribution < 1.29 is 9.59 Å². The fourth-order valence-electron chi connectivity index (χ4n) is 3.98. The summed E-state index contributed by atoms with van der Waals surface area (Å²) < 4.78 is 0. The molecule has 5 nitrogen and oxygen atoms in total. The molecule has 2 aliphatic rings. The Morgan fingerprint density at radius 1 is 1.22 bits per heavy atom. The summed E-state index contributed by atoms with van der Waals surface area (Å²) in [4.78, 5) is 27.2. The maximum atomic E-state index is 12.8. The van der Waals surface area contributed by atoms with Crippen molar-refractivity contribution in [3.8, 4) is 0 Å². The summed E-state index contributed by atoms with van der Waals surface area (Å²) in [6.07, 6.45) is 2.47. The first-order valence-electron chi connectivity index (χ1n) is 9.32. The van der Waals surface area contributed by atoms with E-state index in [1.165, 1.54) is 0 Å². The van der Waals surface area contributed by atoms with E-state index in [4.69, 9.17) is 5.73 Å². The number of hydrogen-bond acceptors (Lipinski definition) is 3. The molecule has 2 unspecified atom stereocenters. The van der Waals surface area contributed by atoms with Gasteiger partial charge in [-0.2, -0.15) is 0 Å². The van der Waals surface area contributed by atoms with Crippen molar-refractivity contribution in [3.05, 3.63) is 42.5 Å². The van der Waals surface area contributed by atoms with Gasteiger partial charge in [0.2, 0.25) is 11.8 Å². The molecule has 0 radical (unpaired) electrons. The summed E-state index contributed by atoms with van der Waals surface area (Å²) in [5.74, 6) is 0.0807. The van der Waals surface area contributed by atoms with Crippen molar-refractivity contribution in [1.82, 2.24) is 5.32 Å². The van der Waals surface area contributed by atoms with E-state index in [2.05, 4.69) is 5.32 Å². The van der Waals surface area contributed by atoms with E-state index < -0.39 is 0 Å². The van der Waals surface area contributed by atoms with E-state index in [9.17, 15) is 9.59 Å². The van der Waals surface area contributed by atoms with E-state index in [0.717, 1.165) is 29.3 Å². The summed E-state index contributed by atoms with van der Waals surface area (Å²) in [6, 6.07) is 14.0. The highest BCUT2D eigenvalue weighted by Crippen LogP contribution is 2.39. The van der Waals surface area contributed by atoms with Crippen molar-refractivity contribution in [3.63, 3.8) is 0 Å².